The van der Waals surface area contributed by atoms with E-state index in [2.05, 4.69) is 17.1 Å². The molecule has 1 amide bonds. The third-order valence-electron chi connectivity index (χ3n) is 4.93. The van der Waals surface area contributed by atoms with Crippen LogP contribution in [0.3, 0.4) is 0 Å². The molecule has 0 unspecified atom stereocenters. The molecule has 0 spiro atoms. The maximum Gasteiger partial charge on any atom is 0.416 e. The van der Waals surface area contributed by atoms with Crippen LogP contribution in [0.2, 0.25) is 0 Å². The summed E-state index contributed by atoms with van der Waals surface area (Å²) in [5, 5.41) is 1.05. The molecule has 0 aliphatic carbocycles. The van der Waals surface area contributed by atoms with Crippen LogP contribution in [-0.4, -0.2) is 36.7 Å². The lowest BCUT2D eigenvalue weighted by Gasteiger charge is -2.27. The van der Waals surface area contributed by atoms with Gasteiger partial charge in [-0.1, -0.05) is 17.7 Å². The van der Waals surface area contributed by atoms with E-state index in [1.165, 1.54) is 5.56 Å². The van der Waals surface area contributed by atoms with Gasteiger partial charge < -0.3 is 19.1 Å². The Kier molecular flexibility index (Phi) is 4.77. The smallest absolute Gasteiger partial charge is 0.416 e. The number of benzene rings is 2. The molecule has 0 atom stereocenters. The van der Waals surface area contributed by atoms with Crippen molar-refractivity contribution in [2.24, 2.45) is 0 Å². The van der Waals surface area contributed by atoms with Gasteiger partial charge in [-0.05, 0) is 49.2 Å². The highest BCUT2D eigenvalue weighted by molar-refractivity contribution is 5.82. The van der Waals surface area contributed by atoms with Crippen molar-refractivity contribution in [3.63, 3.8) is 0 Å². The molecule has 0 N–H and O–H groups in total. The highest BCUT2D eigenvalue weighted by Gasteiger charge is 2.26. The molecule has 144 valence electrons. The van der Waals surface area contributed by atoms with Crippen LogP contribution in [0.25, 0.3) is 10.9 Å². The molecule has 3 aromatic rings. The second-order valence-electron chi connectivity index (χ2n) is 6.88. The van der Waals surface area contributed by atoms with E-state index < -0.39 is 0 Å². The zero-order valence-corrected chi connectivity index (χ0v) is 16.2. The number of hydrogen-bond donors (Lipinski definition) is 0. The van der Waals surface area contributed by atoms with Crippen molar-refractivity contribution in [3.05, 3.63) is 59.2 Å². The summed E-state index contributed by atoms with van der Waals surface area (Å²) in [4.78, 5) is 18.6. The quantitative estimate of drug-likeness (QED) is 0.668. The maximum atomic E-state index is 12.4. The van der Waals surface area contributed by atoms with Gasteiger partial charge in [0.2, 0.25) is 5.88 Å². The Morgan fingerprint density at radius 1 is 1.07 bits per heavy atom. The average Bonchev–Trinajstić information content (AvgIpc) is 2.70. The highest BCUT2D eigenvalue weighted by atomic mass is 16.6. The fourth-order valence-electron chi connectivity index (χ4n) is 3.41. The van der Waals surface area contributed by atoms with E-state index in [-0.39, 0.29) is 6.09 Å². The summed E-state index contributed by atoms with van der Waals surface area (Å²) in [6, 6.07) is 13.9. The zero-order chi connectivity index (χ0) is 19.7. The van der Waals surface area contributed by atoms with E-state index in [1.54, 1.807) is 19.1 Å². The van der Waals surface area contributed by atoms with Gasteiger partial charge in [-0.3, -0.25) is 0 Å². The summed E-state index contributed by atoms with van der Waals surface area (Å²) < 4.78 is 16.1. The molecular weight excluding hydrogens is 356 g/mol. The lowest BCUT2D eigenvalue weighted by atomic mass is 10.1. The van der Waals surface area contributed by atoms with Crippen LogP contribution in [0, 0.1) is 6.92 Å². The van der Waals surface area contributed by atoms with Gasteiger partial charge in [0.25, 0.3) is 0 Å². The fourth-order valence-corrected chi connectivity index (χ4v) is 3.41. The predicted octanol–water partition coefficient (Wildman–Crippen LogP) is 4.12. The molecule has 1 aliphatic rings. The Morgan fingerprint density at radius 3 is 2.68 bits per heavy atom. The van der Waals surface area contributed by atoms with E-state index in [0.717, 1.165) is 22.0 Å². The minimum atomic E-state index is -0.369. The molecule has 2 aromatic carbocycles. The average molecular weight is 378 g/mol. The molecule has 1 aliphatic heterocycles. The lowest BCUT2D eigenvalue weighted by Crippen LogP contribution is -2.38. The minimum Gasteiger partial charge on any atom is -0.493 e. The Balaban J connectivity index is 1.52. The third-order valence-corrected chi connectivity index (χ3v) is 4.93. The van der Waals surface area contributed by atoms with Crippen molar-refractivity contribution in [1.29, 1.82) is 0 Å². The molecule has 1 aromatic heterocycles. The van der Waals surface area contributed by atoms with Crippen molar-refractivity contribution in [3.8, 4) is 17.4 Å². The number of methoxy groups -OCH3 is 2. The van der Waals surface area contributed by atoms with Crippen molar-refractivity contribution in [2.75, 3.05) is 20.8 Å². The number of carbonyl (C=O) groups excluding carboxylic acids is 1. The second-order valence-corrected chi connectivity index (χ2v) is 6.88. The molecule has 6 nitrogen and oxygen atoms in total. The molecule has 6 heteroatoms. The van der Waals surface area contributed by atoms with Gasteiger partial charge in [-0.15, -0.1) is 0 Å². The van der Waals surface area contributed by atoms with Crippen LogP contribution in [0.4, 0.5) is 4.79 Å². The van der Waals surface area contributed by atoms with Crippen molar-refractivity contribution >= 4 is 17.0 Å². The number of nitrogens with zero attached hydrogens (tertiary/aromatic N) is 2. The number of amides is 1. The highest BCUT2D eigenvalue weighted by Crippen LogP contribution is 2.30. The van der Waals surface area contributed by atoms with Crippen molar-refractivity contribution < 1.29 is 19.0 Å². The normalized spacial score (nSPS) is 13.2. The first-order chi connectivity index (χ1) is 13.6. The molecular formula is C22H22N2O4. The molecule has 0 saturated heterocycles. The summed E-state index contributed by atoms with van der Waals surface area (Å²) >= 11 is 0. The number of rotatable bonds is 5. The lowest BCUT2D eigenvalue weighted by molar-refractivity contribution is 0.137. The number of ether oxygens (including phenoxy) is 3. The van der Waals surface area contributed by atoms with Gasteiger partial charge in [-0.25, -0.2) is 9.78 Å². The fraction of sp³-hybridized carbons (Fsp3) is 0.273. The summed E-state index contributed by atoms with van der Waals surface area (Å²) in [7, 11) is 3.22. The number of aromatic nitrogens is 1. The summed E-state index contributed by atoms with van der Waals surface area (Å²) in [6.07, 6.45) is 0.317. The van der Waals surface area contributed by atoms with Gasteiger partial charge in [0.1, 0.15) is 0 Å². The monoisotopic (exact) mass is 378 g/mol. The first-order valence-corrected chi connectivity index (χ1v) is 9.15. The van der Waals surface area contributed by atoms with E-state index in [0.29, 0.717) is 36.9 Å². The van der Waals surface area contributed by atoms with Crippen LogP contribution >= 0.6 is 0 Å². The summed E-state index contributed by atoms with van der Waals surface area (Å²) in [5.74, 6) is 1.77. The van der Waals surface area contributed by atoms with Gasteiger partial charge >= 0.3 is 6.09 Å². The number of fused-ring (bicyclic) bond motifs is 2. The Morgan fingerprint density at radius 2 is 1.89 bits per heavy atom. The van der Waals surface area contributed by atoms with Crippen LogP contribution in [0.5, 0.6) is 17.4 Å². The number of hydrogen-bond acceptors (Lipinski definition) is 5. The van der Waals surface area contributed by atoms with Gasteiger partial charge in [0, 0.05) is 17.5 Å². The molecule has 0 fully saturated rings. The van der Waals surface area contributed by atoms with E-state index in [4.69, 9.17) is 14.2 Å². The maximum absolute atomic E-state index is 12.4. The second kappa shape index (κ2) is 7.38. The minimum absolute atomic E-state index is 0.369. The number of pyridine rings is 1. The molecule has 28 heavy (non-hydrogen) atoms. The van der Waals surface area contributed by atoms with Gasteiger partial charge in [-0.2, -0.15) is 0 Å². The standard InChI is InChI=1S/C22H22N2O4/c1-14-4-6-18-16(10-14)12-17-13-24(22(25)28-21(17)23-18)9-8-15-5-7-19(26-2)20(11-15)27-3/h4-7,10-12H,8-9,13H2,1-3H3. The van der Waals surface area contributed by atoms with E-state index in [9.17, 15) is 4.79 Å². The summed E-state index contributed by atoms with van der Waals surface area (Å²) in [5.41, 5.74) is 3.98. The zero-order valence-electron chi connectivity index (χ0n) is 16.2. The Hall–Kier alpha value is -3.28. The number of carbonyl (C=O) groups is 1. The van der Waals surface area contributed by atoms with Crippen molar-refractivity contribution in [1.82, 2.24) is 9.88 Å². The van der Waals surface area contributed by atoms with Crippen LogP contribution in [-0.2, 0) is 13.0 Å². The van der Waals surface area contributed by atoms with Gasteiger partial charge in [0.15, 0.2) is 11.5 Å². The largest absolute Gasteiger partial charge is 0.493 e. The van der Waals surface area contributed by atoms with E-state index in [1.807, 2.05) is 37.3 Å². The molecule has 0 bridgehead atoms. The topological polar surface area (TPSA) is 60.9 Å². The first kappa shape index (κ1) is 18.1. The Bertz CT molecular complexity index is 1050. The van der Waals surface area contributed by atoms with Crippen molar-refractivity contribution in [2.45, 2.75) is 19.9 Å². The predicted molar refractivity (Wildman–Crippen MR) is 106 cm³/mol. The number of aryl methyl sites for hydroxylation is 1. The summed E-state index contributed by atoms with van der Waals surface area (Å²) in [6.45, 7) is 3.08. The molecule has 2 heterocycles. The first-order valence-electron chi connectivity index (χ1n) is 9.15. The molecule has 4 rings (SSSR count). The molecule has 0 radical (unpaired) electrons. The van der Waals surface area contributed by atoms with Crippen LogP contribution < -0.4 is 14.2 Å². The van der Waals surface area contributed by atoms with Gasteiger partial charge in [0.05, 0.1) is 26.3 Å². The SMILES string of the molecule is COc1ccc(CCN2Cc3cc4cc(C)ccc4nc3OC2=O)cc1OC. The van der Waals surface area contributed by atoms with Crippen LogP contribution in [0.15, 0.2) is 42.5 Å². The van der Waals surface area contributed by atoms with Crippen LogP contribution in [0.1, 0.15) is 16.7 Å². The Labute approximate surface area is 163 Å². The third kappa shape index (κ3) is 3.45. The van der Waals surface area contributed by atoms with E-state index >= 15 is 0 Å². The molecule has 0 saturated carbocycles.